The molecular formula is C17H25N3O3. The minimum absolute atomic E-state index is 0.0131. The fourth-order valence-corrected chi connectivity index (χ4v) is 2.00. The Morgan fingerprint density at radius 1 is 0.957 bits per heavy atom. The number of hydrogen-bond donors (Lipinski definition) is 1. The molecule has 1 N–H and O–H groups in total. The number of Topliss-reactive ketones (excluding diaryl/α,β-unsaturated/α-hetero) is 1. The van der Waals surface area contributed by atoms with Crippen LogP contribution in [-0.4, -0.2) is 61.1 Å². The van der Waals surface area contributed by atoms with Gasteiger partial charge in [-0.15, -0.1) is 0 Å². The number of likely N-dealkylation sites (N-methyl/N-ethyl adjacent to an activating group) is 1. The maximum Gasteiger partial charge on any atom is 0.226 e. The largest absolute Gasteiger partial charge is 0.341 e. The zero-order valence-electron chi connectivity index (χ0n) is 14.3. The molecule has 1 aromatic rings. The van der Waals surface area contributed by atoms with Crippen LogP contribution in [0, 0.1) is 0 Å². The number of ketones is 1. The van der Waals surface area contributed by atoms with Crippen LogP contribution in [0.1, 0.15) is 30.6 Å². The van der Waals surface area contributed by atoms with E-state index in [1.54, 1.807) is 29.2 Å². The van der Waals surface area contributed by atoms with Crippen LogP contribution in [0.25, 0.3) is 0 Å². The van der Waals surface area contributed by atoms with E-state index in [2.05, 4.69) is 5.32 Å². The summed E-state index contributed by atoms with van der Waals surface area (Å²) in [4.78, 5) is 38.4. The van der Waals surface area contributed by atoms with Crippen molar-refractivity contribution in [3.63, 3.8) is 0 Å². The number of carbonyl (C=O) groups is 3. The van der Waals surface area contributed by atoms with Crippen LogP contribution >= 0.6 is 0 Å². The summed E-state index contributed by atoms with van der Waals surface area (Å²) in [6, 6.07) is 6.75. The summed E-state index contributed by atoms with van der Waals surface area (Å²) < 4.78 is 0. The Morgan fingerprint density at radius 3 is 2.04 bits per heavy atom. The van der Waals surface area contributed by atoms with Gasteiger partial charge >= 0.3 is 0 Å². The van der Waals surface area contributed by atoms with Crippen LogP contribution in [0.5, 0.6) is 0 Å². The average Bonchev–Trinajstić information content (AvgIpc) is 2.47. The van der Waals surface area contributed by atoms with Gasteiger partial charge in [-0.2, -0.15) is 0 Å². The molecule has 23 heavy (non-hydrogen) atoms. The topological polar surface area (TPSA) is 69.7 Å². The highest BCUT2D eigenvalue weighted by molar-refractivity contribution is 5.95. The van der Waals surface area contributed by atoms with Crippen molar-refractivity contribution in [2.45, 2.75) is 20.3 Å². The van der Waals surface area contributed by atoms with Crippen LogP contribution < -0.4 is 5.32 Å². The number of carbonyl (C=O) groups excluding carboxylic acids is 3. The second-order valence-electron chi connectivity index (χ2n) is 5.74. The van der Waals surface area contributed by atoms with Crippen molar-refractivity contribution in [1.29, 1.82) is 0 Å². The number of anilines is 1. The number of hydrogen-bond acceptors (Lipinski definition) is 4. The van der Waals surface area contributed by atoms with Crippen LogP contribution in [0.15, 0.2) is 24.3 Å². The summed E-state index contributed by atoms with van der Waals surface area (Å²) in [5.74, 6) is -0.206. The van der Waals surface area contributed by atoms with Crippen LogP contribution in [-0.2, 0) is 9.59 Å². The van der Waals surface area contributed by atoms with Crippen molar-refractivity contribution >= 4 is 23.3 Å². The Kier molecular flexibility index (Phi) is 7.41. The molecule has 2 amide bonds. The predicted octanol–water partition coefficient (Wildman–Crippen LogP) is 1.63. The number of nitrogens with zero attached hydrogens (tertiary/aromatic N) is 2. The first kappa shape index (κ1) is 18.8. The number of benzene rings is 1. The Morgan fingerprint density at radius 2 is 1.57 bits per heavy atom. The Bertz CT molecular complexity index is 553. The molecule has 0 spiro atoms. The number of amides is 2. The lowest BCUT2D eigenvalue weighted by atomic mass is 10.1. The highest BCUT2D eigenvalue weighted by Gasteiger charge is 2.11. The quantitative estimate of drug-likeness (QED) is 0.739. The van der Waals surface area contributed by atoms with E-state index in [-0.39, 0.29) is 24.0 Å². The fourth-order valence-electron chi connectivity index (χ4n) is 2.00. The van der Waals surface area contributed by atoms with Gasteiger partial charge in [-0.05, 0) is 45.3 Å². The first-order valence-electron chi connectivity index (χ1n) is 7.60. The molecule has 0 unspecified atom stereocenters. The summed E-state index contributed by atoms with van der Waals surface area (Å²) >= 11 is 0. The SMILES string of the molecule is CC(=O)c1ccc(NC(=O)CCN(CCN(C)C)C(C)=O)cc1. The lowest BCUT2D eigenvalue weighted by molar-refractivity contribution is -0.129. The molecule has 0 aliphatic carbocycles. The molecule has 0 aliphatic rings. The lowest BCUT2D eigenvalue weighted by Gasteiger charge is -2.22. The third-order valence-corrected chi connectivity index (χ3v) is 3.45. The van der Waals surface area contributed by atoms with Crippen molar-refractivity contribution in [3.05, 3.63) is 29.8 Å². The molecule has 0 aromatic heterocycles. The molecule has 6 nitrogen and oxygen atoms in total. The van der Waals surface area contributed by atoms with Gasteiger partial charge in [-0.25, -0.2) is 0 Å². The van der Waals surface area contributed by atoms with E-state index < -0.39 is 0 Å². The molecule has 0 heterocycles. The molecule has 0 bridgehead atoms. The smallest absolute Gasteiger partial charge is 0.226 e. The summed E-state index contributed by atoms with van der Waals surface area (Å²) in [5.41, 5.74) is 1.25. The fraction of sp³-hybridized carbons (Fsp3) is 0.471. The second kappa shape index (κ2) is 9.05. The van der Waals surface area contributed by atoms with Crippen molar-refractivity contribution in [2.75, 3.05) is 39.0 Å². The van der Waals surface area contributed by atoms with Gasteiger partial charge in [-0.3, -0.25) is 14.4 Å². The molecule has 0 saturated carbocycles. The van der Waals surface area contributed by atoms with Crippen molar-refractivity contribution in [3.8, 4) is 0 Å². The molecule has 0 saturated heterocycles. The minimum atomic E-state index is -0.156. The second-order valence-corrected chi connectivity index (χ2v) is 5.74. The molecule has 1 aromatic carbocycles. The molecule has 6 heteroatoms. The third kappa shape index (κ3) is 7.06. The monoisotopic (exact) mass is 319 g/mol. The normalized spacial score (nSPS) is 10.5. The van der Waals surface area contributed by atoms with E-state index >= 15 is 0 Å². The summed E-state index contributed by atoms with van der Waals surface area (Å²) in [7, 11) is 3.88. The van der Waals surface area contributed by atoms with Crippen LogP contribution in [0.2, 0.25) is 0 Å². The zero-order valence-corrected chi connectivity index (χ0v) is 14.3. The van der Waals surface area contributed by atoms with Crippen LogP contribution in [0.4, 0.5) is 5.69 Å². The Balaban J connectivity index is 2.48. The Labute approximate surface area is 137 Å². The molecule has 0 aliphatic heterocycles. The van der Waals surface area contributed by atoms with Gasteiger partial charge < -0.3 is 15.1 Å². The minimum Gasteiger partial charge on any atom is -0.341 e. The van der Waals surface area contributed by atoms with Gasteiger partial charge in [0.1, 0.15) is 0 Å². The van der Waals surface area contributed by atoms with Crippen molar-refractivity contribution < 1.29 is 14.4 Å². The number of rotatable bonds is 8. The zero-order chi connectivity index (χ0) is 17.4. The Hall–Kier alpha value is -2.21. The summed E-state index contributed by atoms with van der Waals surface area (Å²) in [6.45, 7) is 4.75. The van der Waals surface area contributed by atoms with E-state index in [0.717, 1.165) is 6.54 Å². The molecule has 0 atom stereocenters. The highest BCUT2D eigenvalue weighted by Crippen LogP contribution is 2.10. The van der Waals surface area contributed by atoms with E-state index in [4.69, 9.17) is 0 Å². The summed E-state index contributed by atoms with van der Waals surface area (Å²) in [6.07, 6.45) is 0.238. The number of nitrogens with one attached hydrogen (secondary N) is 1. The van der Waals surface area contributed by atoms with Gasteiger partial charge in [0, 0.05) is 44.2 Å². The first-order chi connectivity index (χ1) is 10.8. The standard InChI is InChI=1S/C17H25N3O3/c1-13(21)15-5-7-16(8-6-15)18-17(23)9-10-20(14(2)22)12-11-19(3)4/h5-8H,9-12H2,1-4H3,(H,18,23). The van der Waals surface area contributed by atoms with Crippen molar-refractivity contribution in [1.82, 2.24) is 9.80 Å². The van der Waals surface area contributed by atoms with Gasteiger partial charge in [-0.1, -0.05) is 0 Å². The molecule has 0 fully saturated rings. The predicted molar refractivity (Wildman–Crippen MR) is 90.5 cm³/mol. The van der Waals surface area contributed by atoms with E-state index in [0.29, 0.717) is 24.3 Å². The first-order valence-corrected chi connectivity index (χ1v) is 7.60. The maximum absolute atomic E-state index is 12.0. The van der Waals surface area contributed by atoms with E-state index in [1.807, 2.05) is 19.0 Å². The molecule has 126 valence electrons. The van der Waals surface area contributed by atoms with Crippen molar-refractivity contribution in [2.24, 2.45) is 0 Å². The molecular weight excluding hydrogens is 294 g/mol. The van der Waals surface area contributed by atoms with Gasteiger partial charge in [0.25, 0.3) is 0 Å². The third-order valence-electron chi connectivity index (χ3n) is 3.45. The van der Waals surface area contributed by atoms with Crippen LogP contribution in [0.3, 0.4) is 0 Å². The highest BCUT2D eigenvalue weighted by atomic mass is 16.2. The van der Waals surface area contributed by atoms with Gasteiger partial charge in [0.2, 0.25) is 11.8 Å². The van der Waals surface area contributed by atoms with E-state index in [1.165, 1.54) is 13.8 Å². The maximum atomic E-state index is 12.0. The molecule has 1 rings (SSSR count). The van der Waals surface area contributed by atoms with Gasteiger partial charge in [0.15, 0.2) is 5.78 Å². The van der Waals surface area contributed by atoms with E-state index in [9.17, 15) is 14.4 Å². The average molecular weight is 319 g/mol. The molecule has 0 radical (unpaired) electrons. The summed E-state index contributed by atoms with van der Waals surface area (Å²) in [5, 5.41) is 2.77. The lowest BCUT2D eigenvalue weighted by Crippen LogP contribution is -2.37. The van der Waals surface area contributed by atoms with Gasteiger partial charge in [0.05, 0.1) is 0 Å².